The predicted molar refractivity (Wildman–Crippen MR) is 143 cm³/mol. The lowest BCUT2D eigenvalue weighted by molar-refractivity contribution is -0.131. The highest BCUT2D eigenvalue weighted by atomic mass is 35.5. The minimum atomic E-state index is -1.11. The molecular weight excluding hydrogens is 528 g/mol. The molecule has 0 spiro atoms. The minimum absolute atomic E-state index is 0.0299. The Kier molecular flexibility index (Phi) is 7.21. The van der Waals surface area contributed by atoms with Crippen molar-refractivity contribution in [2.45, 2.75) is 25.0 Å². The molecule has 1 aromatic heterocycles. The van der Waals surface area contributed by atoms with E-state index in [2.05, 4.69) is 16.5 Å². The summed E-state index contributed by atoms with van der Waals surface area (Å²) in [6.45, 7) is 3.54. The summed E-state index contributed by atoms with van der Waals surface area (Å²) < 4.78 is 35.3. The van der Waals surface area contributed by atoms with E-state index in [1.807, 2.05) is 30.3 Å². The fraction of sp³-hybridized carbons (Fsp3) is 0.286. The maximum atomic E-state index is 16.3. The summed E-state index contributed by atoms with van der Waals surface area (Å²) in [7, 11) is 1.36. The van der Waals surface area contributed by atoms with Gasteiger partial charge in [-0.05, 0) is 28.2 Å². The van der Waals surface area contributed by atoms with Gasteiger partial charge in [-0.1, -0.05) is 42.4 Å². The van der Waals surface area contributed by atoms with Gasteiger partial charge in [0.25, 0.3) is 5.91 Å². The first-order chi connectivity index (χ1) is 18.7. The van der Waals surface area contributed by atoms with Crippen molar-refractivity contribution in [1.29, 1.82) is 5.26 Å². The summed E-state index contributed by atoms with van der Waals surface area (Å²) in [5, 5.41) is 21.8. The van der Waals surface area contributed by atoms with E-state index in [1.54, 1.807) is 17.0 Å². The Bertz CT molecular complexity index is 1670. The molecule has 0 saturated carbocycles. The molecule has 1 aliphatic carbocycles. The quantitative estimate of drug-likeness (QED) is 0.486. The van der Waals surface area contributed by atoms with Crippen LogP contribution in [0.3, 0.4) is 0 Å². The number of nitriles is 1. The van der Waals surface area contributed by atoms with Crippen LogP contribution in [0.1, 0.15) is 18.4 Å². The van der Waals surface area contributed by atoms with E-state index in [0.29, 0.717) is 16.8 Å². The minimum Gasteiger partial charge on any atom is -0.467 e. The molecule has 8 nitrogen and oxygen atoms in total. The van der Waals surface area contributed by atoms with Crippen LogP contribution < -0.4 is 20.1 Å². The number of fused-ring (bicyclic) bond motifs is 2. The van der Waals surface area contributed by atoms with Crippen molar-refractivity contribution in [3.8, 4) is 12.1 Å². The molecule has 1 amide bonds. The lowest BCUT2D eigenvalue weighted by Crippen LogP contribution is -2.55. The third-order valence-electron chi connectivity index (χ3n) is 7.00. The second-order valence-corrected chi connectivity index (χ2v) is 9.75. The summed E-state index contributed by atoms with van der Waals surface area (Å²) in [6, 6.07) is 10.2. The average Bonchev–Trinajstić information content (AvgIpc) is 2.92. The Labute approximate surface area is 227 Å². The van der Waals surface area contributed by atoms with Gasteiger partial charge in [-0.15, -0.1) is 0 Å². The second kappa shape index (κ2) is 10.6. The van der Waals surface area contributed by atoms with E-state index in [-0.39, 0.29) is 54.6 Å². The van der Waals surface area contributed by atoms with Crippen LogP contribution in [-0.4, -0.2) is 64.8 Å². The van der Waals surface area contributed by atoms with Gasteiger partial charge in [0.05, 0.1) is 36.8 Å². The number of hydrogen-bond acceptors (Lipinski definition) is 7. The van der Waals surface area contributed by atoms with Crippen LogP contribution in [0.15, 0.2) is 42.7 Å². The number of amides is 1. The molecular formula is C28H24ClF2N5O3. The van der Waals surface area contributed by atoms with Crippen molar-refractivity contribution in [2.24, 2.45) is 0 Å². The third-order valence-corrected chi connectivity index (χ3v) is 7.30. The monoisotopic (exact) mass is 551 g/mol. The largest absolute Gasteiger partial charge is 0.467 e. The summed E-state index contributed by atoms with van der Waals surface area (Å²) in [6.07, 6.45) is 1.02. The van der Waals surface area contributed by atoms with Crippen molar-refractivity contribution < 1.29 is 23.4 Å². The number of aromatic nitrogens is 2. The number of hydrogen-bond donors (Lipinski definition) is 1. The van der Waals surface area contributed by atoms with Gasteiger partial charge in [-0.2, -0.15) is 15.2 Å². The standard InChI is InChI=1S/C28H24ClF2N5O3/c1-15(30)27(38)36-10-9-35(14-17(36)7-8-32)26-21-13-22(29)23(24(31)25(21)33-28(34-26)39-2)20-12-18(37)11-16-5-3-4-6-19(16)20/h3-6,11,13,17-18,37H,1,7,9-10,12,14H2,2H3/t17-,18+/m0/s1. The van der Waals surface area contributed by atoms with Gasteiger partial charge >= 0.3 is 6.01 Å². The fourth-order valence-corrected chi connectivity index (χ4v) is 5.57. The van der Waals surface area contributed by atoms with Crippen LogP contribution >= 0.6 is 11.6 Å². The predicted octanol–water partition coefficient (Wildman–Crippen LogP) is 2.59. The van der Waals surface area contributed by atoms with Crippen molar-refractivity contribution in [3.63, 3.8) is 0 Å². The number of ether oxygens (including phenoxy) is 1. The molecule has 0 radical (unpaired) electrons. The Balaban J connectivity index is 1.66. The maximum absolute atomic E-state index is 16.3. The van der Waals surface area contributed by atoms with Crippen molar-refractivity contribution in [1.82, 2.24) is 14.9 Å². The zero-order valence-corrected chi connectivity index (χ0v) is 21.8. The topological polar surface area (TPSA) is 103 Å². The zero-order valence-electron chi connectivity index (χ0n) is 21.0. The van der Waals surface area contributed by atoms with E-state index in [1.165, 1.54) is 12.0 Å². The van der Waals surface area contributed by atoms with E-state index in [4.69, 9.17) is 16.3 Å². The Morgan fingerprint density at radius 3 is 2.82 bits per heavy atom. The SMILES string of the molecule is C=C(F)C(=O)N1CCN(c2nc(OC)nc3c(F)c(C4=c5ccccc5=C[C@@H](O)C4)c(Cl)cc23)C[C@@H]1CC#N. The van der Waals surface area contributed by atoms with Crippen molar-refractivity contribution in [2.75, 3.05) is 31.6 Å². The molecule has 1 saturated heterocycles. The summed E-state index contributed by atoms with van der Waals surface area (Å²) >= 11 is 6.71. The number of methoxy groups -OCH3 is 1. The van der Waals surface area contributed by atoms with Crippen LogP contribution in [0.4, 0.5) is 14.6 Å². The van der Waals surface area contributed by atoms with E-state index >= 15 is 4.39 Å². The highest BCUT2D eigenvalue weighted by Crippen LogP contribution is 2.38. The van der Waals surface area contributed by atoms with Gasteiger partial charge in [0.15, 0.2) is 11.6 Å². The molecule has 1 aliphatic heterocycles. The number of rotatable bonds is 5. The van der Waals surface area contributed by atoms with Gasteiger partial charge in [-0.3, -0.25) is 4.79 Å². The number of nitrogens with zero attached hydrogens (tertiary/aromatic N) is 5. The van der Waals surface area contributed by atoms with E-state index in [9.17, 15) is 19.6 Å². The van der Waals surface area contributed by atoms with E-state index < -0.39 is 29.7 Å². The molecule has 11 heteroatoms. The fourth-order valence-electron chi connectivity index (χ4n) is 5.26. The van der Waals surface area contributed by atoms with E-state index in [0.717, 1.165) is 10.4 Å². The van der Waals surface area contributed by atoms with Gasteiger partial charge in [-0.25, -0.2) is 8.78 Å². The Hall–Kier alpha value is -4.07. The number of piperazine rings is 1. The number of carbonyl (C=O) groups excluding carboxylic acids is 1. The van der Waals surface area contributed by atoms with Crippen LogP contribution in [0.25, 0.3) is 22.6 Å². The zero-order chi connectivity index (χ0) is 27.8. The summed E-state index contributed by atoms with van der Waals surface area (Å²) in [5.41, 5.74) is 0.657. The number of carbonyl (C=O) groups is 1. The molecule has 1 N–H and O–H groups in total. The van der Waals surface area contributed by atoms with Crippen molar-refractivity contribution in [3.05, 3.63) is 69.6 Å². The van der Waals surface area contributed by atoms with Gasteiger partial charge in [0, 0.05) is 37.0 Å². The third kappa shape index (κ3) is 4.80. The van der Waals surface area contributed by atoms with Gasteiger partial charge < -0.3 is 19.6 Å². The Morgan fingerprint density at radius 2 is 2.10 bits per heavy atom. The number of anilines is 1. The van der Waals surface area contributed by atoms with Crippen LogP contribution in [0.2, 0.25) is 5.02 Å². The van der Waals surface area contributed by atoms with Crippen LogP contribution in [0.5, 0.6) is 6.01 Å². The number of aliphatic hydroxyl groups excluding tert-OH is 1. The lowest BCUT2D eigenvalue weighted by Gasteiger charge is -2.41. The molecule has 2 atom stereocenters. The van der Waals surface area contributed by atoms with Gasteiger partial charge in [0.1, 0.15) is 11.3 Å². The molecule has 2 heterocycles. The molecule has 5 rings (SSSR count). The molecule has 200 valence electrons. The normalized spacial score (nSPS) is 18.8. The smallest absolute Gasteiger partial charge is 0.318 e. The number of halogens is 3. The first-order valence-electron chi connectivity index (χ1n) is 12.2. The van der Waals surface area contributed by atoms with Gasteiger partial charge in [0.2, 0.25) is 0 Å². The Morgan fingerprint density at radius 1 is 1.33 bits per heavy atom. The summed E-state index contributed by atoms with van der Waals surface area (Å²) in [4.78, 5) is 24.1. The molecule has 39 heavy (non-hydrogen) atoms. The maximum Gasteiger partial charge on any atom is 0.318 e. The number of aliphatic hydroxyl groups is 1. The highest BCUT2D eigenvalue weighted by Gasteiger charge is 2.34. The molecule has 2 aromatic carbocycles. The molecule has 3 aromatic rings. The lowest BCUT2D eigenvalue weighted by atomic mass is 9.91. The second-order valence-electron chi connectivity index (χ2n) is 9.35. The first kappa shape index (κ1) is 26.5. The molecule has 2 aliphatic rings. The highest BCUT2D eigenvalue weighted by molar-refractivity contribution is 6.33. The average molecular weight is 552 g/mol. The number of benzene rings is 2. The van der Waals surface area contributed by atoms with Crippen molar-refractivity contribution >= 4 is 45.9 Å². The summed E-state index contributed by atoms with van der Waals surface area (Å²) in [5.74, 6) is -2.36. The first-order valence-corrected chi connectivity index (χ1v) is 12.6. The molecule has 0 unspecified atom stereocenters. The molecule has 0 bridgehead atoms. The van der Waals surface area contributed by atoms with Crippen LogP contribution in [-0.2, 0) is 4.79 Å². The molecule has 1 fully saturated rings. The van der Waals surface area contributed by atoms with Crippen LogP contribution in [0, 0.1) is 17.1 Å².